The molecule has 0 aliphatic rings. The van der Waals surface area contributed by atoms with Gasteiger partial charge in [-0.2, -0.15) is 0 Å². The third kappa shape index (κ3) is 3.47. The van der Waals surface area contributed by atoms with Gasteiger partial charge in [0.05, 0.1) is 0 Å². The van der Waals surface area contributed by atoms with Gasteiger partial charge in [0.25, 0.3) is 0 Å². The first-order valence-electron chi connectivity index (χ1n) is 0.895. The predicted octanol–water partition coefficient (Wildman–Crippen LogP) is -2.11. The van der Waals surface area contributed by atoms with Gasteiger partial charge in [-0.25, -0.2) is 0 Å². The Morgan fingerprint density at radius 3 is 2.25 bits per heavy atom. The molecule has 0 bridgehead atoms. The summed E-state index contributed by atoms with van der Waals surface area (Å²) in [6.45, 7) is 0.267. The molecule has 0 nitrogen and oxygen atoms in total. The van der Waals surface area contributed by atoms with Gasteiger partial charge in [0, 0.05) is 0 Å². The van der Waals surface area contributed by atoms with Crippen LogP contribution in [0.2, 0.25) is 0 Å². The fraction of sp³-hybridized carbons (Fsp3) is 0. The zero-order valence-electron chi connectivity index (χ0n) is 2.44. The number of hydrogen-bond donors (Lipinski definition) is 0. The number of rotatable bonds is 1. The van der Waals surface area contributed by atoms with Crippen LogP contribution in [0, 0.1) is 0 Å². The van der Waals surface area contributed by atoms with E-state index in [9.17, 15) is 0 Å². The molecule has 28 valence electrons. The Bertz CT molecular complexity index is 8.00. The van der Waals surface area contributed by atoms with Crippen LogP contribution in [-0.4, -0.2) is 15.6 Å². The molecule has 0 aromatic heterocycles. The van der Waals surface area contributed by atoms with Crippen LogP contribution in [0.1, 0.15) is 0 Å². The first-order chi connectivity index (χ1) is 1.91. The molecule has 0 aromatic rings. The molecule has 0 aromatic carbocycles. The fourth-order valence-electron chi connectivity index (χ4n) is 0. The van der Waals surface area contributed by atoms with Gasteiger partial charge >= 0.3 is 44.6 Å². The van der Waals surface area contributed by atoms with E-state index >= 15 is 0 Å². The SMILES string of the molecule is [SiH3][Mn][SiH2][Fe]. The minimum absolute atomic E-state index is 0.267. The second kappa shape index (κ2) is 4.47. The van der Waals surface area contributed by atoms with E-state index in [0.29, 0.717) is 0 Å². The molecule has 0 aliphatic carbocycles. The van der Waals surface area contributed by atoms with Crippen LogP contribution in [0.5, 0.6) is 0 Å². The van der Waals surface area contributed by atoms with Gasteiger partial charge in [0.15, 0.2) is 0 Å². The van der Waals surface area contributed by atoms with Crippen LogP contribution in [0.15, 0.2) is 0 Å². The molecule has 4 heavy (non-hydrogen) atoms. The molecule has 0 unspecified atom stereocenters. The average molecular weight is 172 g/mol. The van der Waals surface area contributed by atoms with Gasteiger partial charge in [-0.3, -0.25) is 0 Å². The van der Waals surface area contributed by atoms with Crippen LogP contribution in [0.4, 0.5) is 0 Å². The zero-order valence-corrected chi connectivity index (χ0v) is 8.14. The van der Waals surface area contributed by atoms with Crippen molar-refractivity contribution >= 4 is 15.6 Å². The summed E-state index contributed by atoms with van der Waals surface area (Å²) in [4.78, 5) is 0. The summed E-state index contributed by atoms with van der Waals surface area (Å²) in [6.07, 6.45) is 0. The van der Waals surface area contributed by atoms with Crippen molar-refractivity contribution in [3.63, 3.8) is 0 Å². The second-order valence-electron chi connectivity index (χ2n) is 0.362. The summed E-state index contributed by atoms with van der Waals surface area (Å²) in [6, 6.07) is 0. The molecule has 0 saturated heterocycles. The van der Waals surface area contributed by atoms with Gasteiger partial charge in [-0.05, 0) is 0 Å². The molecular weight excluding hydrogens is 167 g/mol. The average Bonchev–Trinajstić information content (AvgIpc) is 1.37. The predicted molar refractivity (Wildman–Crippen MR) is 18.5 cm³/mol. The molecule has 0 spiro atoms. The van der Waals surface area contributed by atoms with Gasteiger partial charge in [0.1, 0.15) is 0 Å². The second-order valence-corrected chi connectivity index (χ2v) is 14.7. The van der Waals surface area contributed by atoms with Gasteiger partial charge in [-0.1, -0.05) is 0 Å². The van der Waals surface area contributed by atoms with Crippen molar-refractivity contribution in [1.82, 2.24) is 0 Å². The number of hydrogen-bond acceptors (Lipinski definition) is 0. The molecular formula is H5FeMnSi2. The van der Waals surface area contributed by atoms with E-state index in [1.165, 1.54) is 22.5 Å². The zero-order chi connectivity index (χ0) is 3.41. The summed E-state index contributed by atoms with van der Waals surface area (Å²) in [7, 11) is 1.42. The standard InChI is InChI=1S/Fe.Mn.H3Si.H2Si/h;;1H3;1H2. The molecule has 4 heteroatoms. The van der Waals surface area contributed by atoms with Crippen molar-refractivity contribution < 1.29 is 29.1 Å². The van der Waals surface area contributed by atoms with Crippen molar-refractivity contribution in [2.24, 2.45) is 0 Å². The Kier molecular flexibility index (Phi) is 6.12. The van der Waals surface area contributed by atoms with E-state index < -0.39 is 0 Å². The Balaban J connectivity index is 1.97. The van der Waals surface area contributed by atoms with Crippen molar-refractivity contribution in [2.45, 2.75) is 0 Å². The van der Waals surface area contributed by atoms with Gasteiger partial charge in [0.2, 0.25) is 0 Å². The van der Waals surface area contributed by atoms with E-state index in [2.05, 4.69) is 15.4 Å². The molecule has 0 N–H and O–H groups in total. The Morgan fingerprint density at radius 2 is 2.25 bits per heavy atom. The van der Waals surface area contributed by atoms with Crippen molar-refractivity contribution in [1.29, 1.82) is 0 Å². The molecule has 0 radical (unpaired) electrons. The molecule has 0 heterocycles. The monoisotopic (exact) mass is 172 g/mol. The first kappa shape index (κ1) is 5.47. The van der Waals surface area contributed by atoms with E-state index in [0.717, 1.165) is 0 Å². The Hall–Kier alpha value is 1.47. The Morgan fingerprint density at radius 1 is 2.00 bits per heavy atom. The molecule has 0 fully saturated rings. The van der Waals surface area contributed by atoms with E-state index in [4.69, 9.17) is 0 Å². The Labute approximate surface area is 44.7 Å². The quantitative estimate of drug-likeness (QED) is 0.397. The van der Waals surface area contributed by atoms with Crippen molar-refractivity contribution in [3.8, 4) is 0 Å². The van der Waals surface area contributed by atoms with Crippen LogP contribution in [-0.2, 0) is 29.1 Å². The van der Waals surface area contributed by atoms with E-state index in [1.54, 1.807) is 0 Å². The maximum atomic E-state index is 3.79. The molecule has 0 saturated carbocycles. The molecule has 0 atom stereocenters. The summed E-state index contributed by atoms with van der Waals surface area (Å²) in [5.74, 6) is 0. The van der Waals surface area contributed by atoms with E-state index in [-0.39, 0.29) is 6.73 Å². The fourth-order valence-corrected chi connectivity index (χ4v) is 0. The summed E-state index contributed by atoms with van der Waals surface area (Å²) < 4.78 is 0. The topological polar surface area (TPSA) is 0 Å². The van der Waals surface area contributed by atoms with Crippen LogP contribution in [0.3, 0.4) is 0 Å². The van der Waals surface area contributed by atoms with Gasteiger partial charge < -0.3 is 0 Å². The summed E-state index contributed by atoms with van der Waals surface area (Å²) in [5, 5.41) is 0. The molecule has 0 rings (SSSR count). The van der Waals surface area contributed by atoms with Gasteiger partial charge in [-0.15, -0.1) is 0 Å². The van der Waals surface area contributed by atoms with Crippen LogP contribution < -0.4 is 0 Å². The first-order valence-corrected chi connectivity index (χ1v) is 11.1. The summed E-state index contributed by atoms with van der Waals surface area (Å²) in [5.41, 5.74) is 0. The summed E-state index contributed by atoms with van der Waals surface area (Å²) >= 11 is 5.08. The van der Waals surface area contributed by atoms with Crippen LogP contribution in [0.25, 0.3) is 0 Å². The van der Waals surface area contributed by atoms with Crippen LogP contribution >= 0.6 is 0 Å². The van der Waals surface area contributed by atoms with E-state index in [1.807, 2.05) is 0 Å². The third-order valence-electron chi connectivity index (χ3n) is 0.0945. The maximum absolute atomic E-state index is 3.79. The van der Waals surface area contributed by atoms with Crippen molar-refractivity contribution in [2.75, 3.05) is 0 Å². The third-order valence-corrected chi connectivity index (χ3v) is 14.5. The normalized spacial score (nSPS) is 11.2. The molecule has 0 amide bonds. The minimum atomic E-state index is 0.267. The van der Waals surface area contributed by atoms with Crippen molar-refractivity contribution in [3.05, 3.63) is 0 Å². The molecule has 0 aliphatic heterocycles.